The highest BCUT2D eigenvalue weighted by atomic mass is 16.3. The third-order valence-corrected chi connectivity index (χ3v) is 3.02. The van der Waals surface area contributed by atoms with Gasteiger partial charge in [-0.15, -0.1) is 0 Å². The molecule has 2 amide bonds. The predicted octanol–water partition coefficient (Wildman–Crippen LogP) is 2.30. The molecule has 23 heavy (non-hydrogen) atoms. The lowest BCUT2D eigenvalue weighted by atomic mass is 10.2. The van der Waals surface area contributed by atoms with Crippen molar-refractivity contribution in [2.24, 2.45) is 0 Å². The first-order valence-corrected chi connectivity index (χ1v) is 6.91. The van der Waals surface area contributed by atoms with Crippen LogP contribution in [0.2, 0.25) is 0 Å². The summed E-state index contributed by atoms with van der Waals surface area (Å²) in [4.78, 5) is 27.7. The van der Waals surface area contributed by atoms with Crippen LogP contribution in [0.25, 0.3) is 17.2 Å². The molecule has 3 rings (SSSR count). The molecule has 3 aromatic rings. The van der Waals surface area contributed by atoms with Crippen LogP contribution in [0.4, 0.5) is 0 Å². The summed E-state index contributed by atoms with van der Waals surface area (Å²) in [7, 11) is 0. The van der Waals surface area contributed by atoms with E-state index in [9.17, 15) is 9.59 Å². The Morgan fingerprint density at radius 3 is 2.48 bits per heavy atom. The van der Waals surface area contributed by atoms with Gasteiger partial charge in [-0.25, -0.2) is 4.98 Å². The molecule has 0 aliphatic heterocycles. The van der Waals surface area contributed by atoms with E-state index in [0.29, 0.717) is 22.6 Å². The number of amides is 2. The predicted molar refractivity (Wildman–Crippen MR) is 85.1 cm³/mol. The van der Waals surface area contributed by atoms with E-state index in [0.717, 1.165) is 0 Å². The van der Waals surface area contributed by atoms with Crippen molar-refractivity contribution >= 4 is 29.0 Å². The lowest BCUT2D eigenvalue weighted by Crippen LogP contribution is -2.40. The van der Waals surface area contributed by atoms with Crippen molar-refractivity contribution in [2.45, 2.75) is 0 Å². The van der Waals surface area contributed by atoms with Crippen molar-refractivity contribution in [2.75, 3.05) is 0 Å². The maximum Gasteiger partial charge on any atom is 0.269 e. The maximum atomic E-state index is 11.8. The van der Waals surface area contributed by atoms with E-state index in [1.165, 1.54) is 12.2 Å². The zero-order valence-electron chi connectivity index (χ0n) is 12.0. The second kappa shape index (κ2) is 6.57. The Bertz CT molecular complexity index is 836. The Kier molecular flexibility index (Phi) is 4.15. The van der Waals surface area contributed by atoms with Gasteiger partial charge in [-0.3, -0.25) is 20.4 Å². The van der Waals surface area contributed by atoms with Gasteiger partial charge in [0.1, 0.15) is 5.52 Å². The standard InChI is InChI=1S/C17H13N3O3/c21-15(19-20-17(22)12-6-2-1-3-7-12)10-11-16-18-13-8-4-5-9-14(13)23-16/h1-11H,(H,19,21)(H,20,22)/b11-10-. The zero-order valence-corrected chi connectivity index (χ0v) is 12.0. The molecule has 0 unspecified atom stereocenters. The topological polar surface area (TPSA) is 84.2 Å². The molecule has 1 aromatic heterocycles. The van der Waals surface area contributed by atoms with Crippen LogP contribution in [0.5, 0.6) is 0 Å². The quantitative estimate of drug-likeness (QED) is 0.574. The van der Waals surface area contributed by atoms with Crippen molar-refractivity contribution in [1.82, 2.24) is 15.8 Å². The minimum absolute atomic E-state index is 0.315. The molecule has 0 saturated carbocycles. The van der Waals surface area contributed by atoms with Gasteiger partial charge in [0, 0.05) is 17.7 Å². The zero-order chi connectivity index (χ0) is 16.1. The first kappa shape index (κ1) is 14.5. The normalized spacial score (nSPS) is 10.8. The Balaban J connectivity index is 1.57. The van der Waals surface area contributed by atoms with E-state index in [1.807, 2.05) is 18.2 Å². The number of fused-ring (bicyclic) bond motifs is 1. The summed E-state index contributed by atoms with van der Waals surface area (Å²) in [6.45, 7) is 0. The van der Waals surface area contributed by atoms with Crippen LogP contribution in [0.3, 0.4) is 0 Å². The highest BCUT2D eigenvalue weighted by Gasteiger charge is 2.05. The van der Waals surface area contributed by atoms with Gasteiger partial charge in [0.2, 0.25) is 5.89 Å². The number of hydrogen-bond acceptors (Lipinski definition) is 4. The smallest absolute Gasteiger partial charge is 0.269 e. The molecule has 0 fully saturated rings. The Morgan fingerprint density at radius 2 is 1.70 bits per heavy atom. The van der Waals surface area contributed by atoms with Gasteiger partial charge in [-0.05, 0) is 24.3 Å². The largest absolute Gasteiger partial charge is 0.437 e. The van der Waals surface area contributed by atoms with E-state index in [1.54, 1.807) is 36.4 Å². The van der Waals surface area contributed by atoms with Crippen LogP contribution < -0.4 is 10.9 Å². The number of benzene rings is 2. The number of hydrogen-bond donors (Lipinski definition) is 2. The Morgan fingerprint density at radius 1 is 0.957 bits per heavy atom. The highest BCUT2D eigenvalue weighted by molar-refractivity contribution is 5.97. The summed E-state index contributed by atoms with van der Waals surface area (Å²) in [5, 5.41) is 0. The number of para-hydroxylation sites is 2. The van der Waals surface area contributed by atoms with Crippen LogP contribution >= 0.6 is 0 Å². The third kappa shape index (κ3) is 3.62. The van der Waals surface area contributed by atoms with Crippen LogP contribution in [0.15, 0.2) is 65.1 Å². The van der Waals surface area contributed by atoms with Crippen molar-refractivity contribution in [3.8, 4) is 0 Å². The third-order valence-electron chi connectivity index (χ3n) is 3.02. The van der Waals surface area contributed by atoms with E-state index < -0.39 is 11.8 Å². The summed E-state index contributed by atoms with van der Waals surface area (Å²) in [6.07, 6.45) is 2.67. The van der Waals surface area contributed by atoms with Crippen molar-refractivity contribution in [3.05, 3.63) is 72.1 Å². The monoisotopic (exact) mass is 307 g/mol. The van der Waals surface area contributed by atoms with Crippen LogP contribution in [-0.4, -0.2) is 16.8 Å². The van der Waals surface area contributed by atoms with Crippen LogP contribution in [-0.2, 0) is 4.79 Å². The molecule has 2 aromatic carbocycles. The molecule has 6 heteroatoms. The SMILES string of the molecule is O=C(/C=C\c1nc2ccccc2o1)NNC(=O)c1ccccc1. The van der Waals surface area contributed by atoms with Crippen LogP contribution in [0, 0.1) is 0 Å². The second-order valence-corrected chi connectivity index (χ2v) is 4.66. The van der Waals surface area contributed by atoms with Crippen molar-refractivity contribution in [3.63, 3.8) is 0 Å². The molecule has 1 heterocycles. The number of carbonyl (C=O) groups excluding carboxylic acids is 2. The molecule has 0 aliphatic rings. The number of nitrogens with zero attached hydrogens (tertiary/aromatic N) is 1. The van der Waals surface area contributed by atoms with E-state index in [-0.39, 0.29) is 0 Å². The minimum Gasteiger partial charge on any atom is -0.437 e. The van der Waals surface area contributed by atoms with Gasteiger partial charge in [-0.2, -0.15) is 0 Å². The number of carbonyl (C=O) groups is 2. The van der Waals surface area contributed by atoms with Gasteiger partial charge in [0.25, 0.3) is 11.8 Å². The van der Waals surface area contributed by atoms with E-state index in [4.69, 9.17) is 4.42 Å². The van der Waals surface area contributed by atoms with Crippen molar-refractivity contribution in [1.29, 1.82) is 0 Å². The average Bonchev–Trinajstić information content (AvgIpc) is 3.01. The molecular formula is C17H13N3O3. The number of aromatic nitrogens is 1. The fourth-order valence-electron chi connectivity index (χ4n) is 1.93. The van der Waals surface area contributed by atoms with Gasteiger partial charge >= 0.3 is 0 Å². The minimum atomic E-state index is -0.489. The second-order valence-electron chi connectivity index (χ2n) is 4.66. The molecule has 0 spiro atoms. The summed E-state index contributed by atoms with van der Waals surface area (Å²) >= 11 is 0. The number of nitrogens with one attached hydrogen (secondary N) is 2. The lowest BCUT2D eigenvalue weighted by molar-refractivity contribution is -0.117. The van der Waals surface area contributed by atoms with Crippen LogP contribution in [0.1, 0.15) is 16.2 Å². The lowest BCUT2D eigenvalue weighted by Gasteiger charge is -2.04. The molecule has 2 N–H and O–H groups in total. The molecular weight excluding hydrogens is 294 g/mol. The molecule has 0 atom stereocenters. The molecule has 0 bridgehead atoms. The summed E-state index contributed by atoms with van der Waals surface area (Å²) in [6, 6.07) is 15.9. The van der Waals surface area contributed by atoms with Gasteiger partial charge < -0.3 is 4.42 Å². The van der Waals surface area contributed by atoms with Gasteiger partial charge in [-0.1, -0.05) is 30.3 Å². The highest BCUT2D eigenvalue weighted by Crippen LogP contribution is 2.15. The first-order valence-electron chi connectivity index (χ1n) is 6.91. The fourth-order valence-corrected chi connectivity index (χ4v) is 1.93. The molecule has 0 saturated heterocycles. The van der Waals surface area contributed by atoms with Gasteiger partial charge in [0.05, 0.1) is 0 Å². The number of oxazole rings is 1. The number of rotatable bonds is 3. The maximum absolute atomic E-state index is 11.8. The molecule has 0 radical (unpaired) electrons. The summed E-state index contributed by atoms with van der Waals surface area (Å²) < 4.78 is 5.45. The molecule has 0 aliphatic carbocycles. The van der Waals surface area contributed by atoms with Gasteiger partial charge in [0.15, 0.2) is 5.58 Å². The summed E-state index contributed by atoms with van der Waals surface area (Å²) in [5.41, 5.74) is 6.42. The Labute approximate surface area is 131 Å². The first-order chi connectivity index (χ1) is 11.2. The van der Waals surface area contributed by atoms with E-state index >= 15 is 0 Å². The van der Waals surface area contributed by atoms with E-state index in [2.05, 4.69) is 15.8 Å². The Hall–Kier alpha value is -3.41. The fraction of sp³-hybridized carbons (Fsp3) is 0. The average molecular weight is 307 g/mol. The molecule has 6 nitrogen and oxygen atoms in total. The molecule has 114 valence electrons. The number of hydrazine groups is 1. The summed E-state index contributed by atoms with van der Waals surface area (Å²) in [5.74, 6) is -0.568. The van der Waals surface area contributed by atoms with Crippen molar-refractivity contribution < 1.29 is 14.0 Å².